The number of hydrogen-bond donors (Lipinski definition) is 0. The van der Waals surface area contributed by atoms with Gasteiger partial charge in [-0.05, 0) is 13.8 Å². The smallest absolute Gasteiger partial charge is 0.725 e. The Morgan fingerprint density at radius 3 is 2.30 bits per heavy atom. The van der Waals surface area contributed by atoms with Crippen LogP contribution in [-0.4, -0.2) is 52.0 Å². The fraction of sp³-hybridized carbons (Fsp3) is 0.750. The minimum atomic E-state index is -5.00. The van der Waals surface area contributed by atoms with Gasteiger partial charge < -0.3 is 19.4 Å². The average molecular weight is 341 g/mol. The topological polar surface area (TPSA) is 127 Å². The third kappa shape index (κ3) is 3.73. The number of carboxylic acids is 1. The van der Waals surface area contributed by atoms with E-state index in [1.807, 2.05) is 0 Å². The van der Waals surface area contributed by atoms with Gasteiger partial charge in [0.2, 0.25) is 10.4 Å². The second-order valence-corrected chi connectivity index (χ2v) is 7.28. The summed E-state index contributed by atoms with van der Waals surface area (Å²) >= 11 is 1.06. The van der Waals surface area contributed by atoms with Crippen molar-refractivity contribution in [3.05, 3.63) is 0 Å². The van der Waals surface area contributed by atoms with Crippen molar-refractivity contribution < 1.29 is 91.0 Å². The molecule has 0 bridgehead atoms. The van der Waals surface area contributed by atoms with E-state index in [0.717, 1.165) is 16.7 Å². The maximum Gasteiger partial charge on any atom is 1.00 e. The predicted molar refractivity (Wildman–Crippen MR) is 55.7 cm³/mol. The molecule has 8 nitrogen and oxygen atoms in total. The summed E-state index contributed by atoms with van der Waals surface area (Å²) in [6.07, 6.45) is -1.44. The molecule has 2 aliphatic rings. The Labute approximate surface area is 164 Å². The Hall–Kier alpha value is 1.16. The van der Waals surface area contributed by atoms with Crippen molar-refractivity contribution in [1.29, 1.82) is 0 Å². The maximum atomic E-state index is 11.6. The second-order valence-electron chi connectivity index (χ2n) is 4.50. The fourth-order valence-corrected chi connectivity index (χ4v) is 4.28. The number of carboxylic acid groups (broad SMARTS) is 1. The molecule has 0 N–H and O–H groups in total. The van der Waals surface area contributed by atoms with Crippen LogP contribution in [0.25, 0.3) is 0 Å². The first kappa shape index (κ1) is 21.2. The normalized spacial score (nSPS) is 30.6. The predicted octanol–water partition coefficient (Wildman–Crippen LogP) is -8.35. The zero-order valence-corrected chi connectivity index (χ0v) is 17.0. The van der Waals surface area contributed by atoms with E-state index < -0.39 is 44.5 Å². The molecule has 2 aliphatic heterocycles. The van der Waals surface area contributed by atoms with Crippen LogP contribution in [0.2, 0.25) is 0 Å². The van der Waals surface area contributed by atoms with Crippen LogP contribution in [0.4, 0.5) is 0 Å². The Kier molecular flexibility index (Phi) is 7.12. The first-order valence-electron chi connectivity index (χ1n) is 4.89. The van der Waals surface area contributed by atoms with Gasteiger partial charge in [0.25, 0.3) is 5.91 Å². The number of thioether (sulfide) groups is 1. The zero-order chi connectivity index (χ0) is 13.9. The van der Waals surface area contributed by atoms with Gasteiger partial charge in [-0.3, -0.25) is 8.98 Å². The molecule has 0 saturated carbocycles. The van der Waals surface area contributed by atoms with E-state index in [4.69, 9.17) is 0 Å². The number of nitrogens with zero attached hydrogens (tertiary/aromatic N) is 1. The van der Waals surface area contributed by atoms with Gasteiger partial charge in [0.1, 0.15) is 5.37 Å². The number of carbonyl (C=O) groups is 2. The summed E-state index contributed by atoms with van der Waals surface area (Å²) in [5.74, 6) is -2.25. The first-order valence-corrected chi connectivity index (χ1v) is 7.11. The summed E-state index contributed by atoms with van der Waals surface area (Å²) in [6.45, 7) is 3.18. The Balaban J connectivity index is 0.00000180. The minimum Gasteiger partial charge on any atom is -0.725 e. The number of aliphatic carboxylic acids is 1. The van der Waals surface area contributed by atoms with E-state index in [9.17, 15) is 27.7 Å². The van der Waals surface area contributed by atoms with Crippen molar-refractivity contribution in [2.75, 3.05) is 0 Å². The molecule has 3 atom stereocenters. The van der Waals surface area contributed by atoms with Crippen LogP contribution < -0.4 is 64.2 Å². The van der Waals surface area contributed by atoms with E-state index in [2.05, 4.69) is 4.18 Å². The summed E-state index contributed by atoms with van der Waals surface area (Å²) in [4.78, 5) is 23.6. The van der Waals surface area contributed by atoms with Crippen LogP contribution in [0, 0.1) is 0 Å². The largest absolute Gasteiger partial charge is 1.00 e. The van der Waals surface area contributed by atoms with Gasteiger partial charge in [0.05, 0.1) is 12.0 Å². The standard InChI is InChI=1S/C8H11NO7S2.2Na/c1-8(2)4(7(11)12)9-5(10)3(6(9)17-8)16-18(13,14)15;;/h3-4,6H,1-2H3,(H,11,12)(H,13,14,15);;/q;2*+1/p-2/t3-,4+,6-;;/m1../s1. The summed E-state index contributed by atoms with van der Waals surface area (Å²) in [6, 6.07) is -1.17. The van der Waals surface area contributed by atoms with Gasteiger partial charge in [0.15, 0.2) is 6.10 Å². The van der Waals surface area contributed by atoms with E-state index >= 15 is 0 Å². The molecule has 2 heterocycles. The average Bonchev–Trinajstić information content (AvgIpc) is 2.42. The number of hydrogen-bond acceptors (Lipinski definition) is 8. The molecule has 2 rings (SSSR count). The van der Waals surface area contributed by atoms with Crippen molar-refractivity contribution in [3.63, 3.8) is 0 Å². The molecule has 12 heteroatoms. The maximum absolute atomic E-state index is 11.6. The molecule has 2 saturated heterocycles. The molecular formula is C8H9NNa2O7S2. The summed E-state index contributed by atoms with van der Waals surface area (Å²) in [7, 11) is -5.00. The molecule has 0 spiro atoms. The third-order valence-corrected chi connectivity index (χ3v) is 4.83. The van der Waals surface area contributed by atoms with Crippen molar-refractivity contribution in [1.82, 2.24) is 4.90 Å². The van der Waals surface area contributed by atoms with Crippen LogP contribution in [-0.2, 0) is 24.2 Å². The van der Waals surface area contributed by atoms with E-state index in [1.54, 1.807) is 13.8 Å². The molecule has 102 valence electrons. The molecular weight excluding hydrogens is 332 g/mol. The summed E-state index contributed by atoms with van der Waals surface area (Å²) < 4.78 is 34.6. The molecule has 20 heavy (non-hydrogen) atoms. The van der Waals surface area contributed by atoms with Gasteiger partial charge in [-0.25, -0.2) is 8.42 Å². The monoisotopic (exact) mass is 341 g/mol. The van der Waals surface area contributed by atoms with Gasteiger partial charge >= 0.3 is 59.1 Å². The van der Waals surface area contributed by atoms with E-state index in [0.29, 0.717) is 0 Å². The Morgan fingerprint density at radius 2 is 1.90 bits per heavy atom. The molecule has 0 aromatic rings. The SMILES string of the molecule is CC1(C)S[C@@H]2[C@H](OS(=O)(=O)[O-])C(=O)N2[C@H]1C(=O)[O-].[Na+].[Na+]. The van der Waals surface area contributed by atoms with Gasteiger partial charge in [0, 0.05) is 4.75 Å². The number of amides is 1. The number of rotatable bonds is 3. The fourth-order valence-electron chi connectivity index (χ4n) is 2.17. The molecule has 2 fully saturated rings. The molecule has 0 radical (unpaired) electrons. The van der Waals surface area contributed by atoms with Crippen molar-refractivity contribution in [3.8, 4) is 0 Å². The van der Waals surface area contributed by atoms with Crippen LogP contribution in [0.3, 0.4) is 0 Å². The van der Waals surface area contributed by atoms with Crippen molar-refractivity contribution >= 4 is 34.0 Å². The van der Waals surface area contributed by atoms with Crippen LogP contribution in [0.15, 0.2) is 0 Å². The first-order chi connectivity index (χ1) is 8.04. The molecule has 0 aromatic heterocycles. The van der Waals surface area contributed by atoms with Gasteiger partial charge in [-0.1, -0.05) is 0 Å². The van der Waals surface area contributed by atoms with Crippen molar-refractivity contribution in [2.24, 2.45) is 0 Å². The molecule has 0 aromatic carbocycles. The van der Waals surface area contributed by atoms with Crippen LogP contribution in [0.5, 0.6) is 0 Å². The number of fused-ring (bicyclic) bond motifs is 1. The summed E-state index contributed by atoms with van der Waals surface area (Å²) in [5.41, 5.74) is 0. The third-order valence-electron chi connectivity index (χ3n) is 2.84. The number of carbonyl (C=O) groups excluding carboxylic acids is 2. The molecule has 0 unspecified atom stereocenters. The quantitative estimate of drug-likeness (QED) is 0.214. The van der Waals surface area contributed by atoms with Crippen LogP contribution in [0.1, 0.15) is 13.8 Å². The second kappa shape index (κ2) is 6.73. The van der Waals surface area contributed by atoms with Gasteiger partial charge in [-0.2, -0.15) is 0 Å². The molecule has 1 amide bonds. The minimum absolute atomic E-state index is 0. The van der Waals surface area contributed by atoms with Crippen LogP contribution >= 0.6 is 11.8 Å². The zero-order valence-electron chi connectivity index (χ0n) is 11.4. The van der Waals surface area contributed by atoms with Crippen molar-refractivity contribution in [2.45, 2.75) is 36.1 Å². The number of β-lactam (4-membered cyclic amide) rings is 1. The molecule has 0 aliphatic carbocycles. The van der Waals surface area contributed by atoms with E-state index in [-0.39, 0.29) is 59.1 Å². The summed E-state index contributed by atoms with van der Waals surface area (Å²) in [5, 5.41) is 10.2. The van der Waals surface area contributed by atoms with Gasteiger partial charge in [-0.15, -0.1) is 11.8 Å². The Morgan fingerprint density at radius 1 is 1.40 bits per heavy atom. The van der Waals surface area contributed by atoms with E-state index in [1.165, 1.54) is 0 Å². The Bertz CT molecular complexity index is 523.